The molecule has 0 radical (unpaired) electrons. The van der Waals surface area contributed by atoms with Gasteiger partial charge in [-0.05, 0) is 17.7 Å². The molecule has 0 aliphatic carbocycles. The molecule has 1 N–H and O–H groups in total. The van der Waals surface area contributed by atoms with Crippen LogP contribution in [0.3, 0.4) is 0 Å². The third-order valence-corrected chi connectivity index (χ3v) is 5.22. The van der Waals surface area contributed by atoms with Crippen LogP contribution < -0.4 is 4.90 Å². The van der Waals surface area contributed by atoms with E-state index in [4.69, 9.17) is 4.74 Å². The highest BCUT2D eigenvalue weighted by molar-refractivity contribution is 7.86. The fourth-order valence-electron chi connectivity index (χ4n) is 2.89. The number of anilines is 1. The van der Waals surface area contributed by atoms with Crippen LogP contribution in [0.1, 0.15) is 17.2 Å². The van der Waals surface area contributed by atoms with Gasteiger partial charge in [-0.1, -0.05) is 30.3 Å². The summed E-state index contributed by atoms with van der Waals surface area (Å²) in [4.78, 5) is 13.0. The van der Waals surface area contributed by atoms with Crippen LogP contribution in [0.2, 0.25) is 0 Å². The fraction of sp³-hybridized carbons (Fsp3) is 0.235. The lowest BCUT2D eigenvalue weighted by atomic mass is 10.1. The molecule has 1 aliphatic heterocycles. The third kappa shape index (κ3) is 4.00. The van der Waals surface area contributed by atoms with Crippen molar-refractivity contribution >= 4 is 21.9 Å². The Labute approximate surface area is 148 Å². The molecule has 1 fully saturated rings. The number of carbonyl (C=O) groups is 1. The van der Waals surface area contributed by atoms with E-state index in [2.05, 4.69) is 0 Å². The smallest absolute Gasteiger partial charge is 0.414 e. The number of hydrogen-bond donors (Lipinski definition) is 1. The van der Waals surface area contributed by atoms with Gasteiger partial charge in [-0.2, -0.15) is 8.42 Å². The fourth-order valence-corrected chi connectivity index (χ4v) is 3.85. The van der Waals surface area contributed by atoms with Gasteiger partial charge in [0.1, 0.15) is 23.0 Å². The summed E-state index contributed by atoms with van der Waals surface area (Å²) in [6, 6.07) is 10.6. The SMILES string of the molecule is O=C1OC(C[C@H](c2ccccc2)S(=O)(=O)O)CN1c1cc(F)cc(F)c1. The molecule has 1 saturated heterocycles. The molecule has 3 rings (SSSR count). The van der Waals surface area contributed by atoms with Gasteiger partial charge >= 0.3 is 6.09 Å². The third-order valence-electron chi connectivity index (χ3n) is 4.04. The van der Waals surface area contributed by atoms with Gasteiger partial charge < -0.3 is 4.74 Å². The Morgan fingerprint density at radius 2 is 1.77 bits per heavy atom. The maximum absolute atomic E-state index is 13.4. The van der Waals surface area contributed by atoms with Crippen LogP contribution >= 0.6 is 0 Å². The van der Waals surface area contributed by atoms with Crippen molar-refractivity contribution in [3.8, 4) is 0 Å². The molecule has 0 aromatic heterocycles. The molecule has 6 nitrogen and oxygen atoms in total. The Morgan fingerprint density at radius 3 is 2.35 bits per heavy atom. The van der Waals surface area contributed by atoms with E-state index in [9.17, 15) is 26.5 Å². The van der Waals surface area contributed by atoms with Crippen molar-refractivity contribution in [1.29, 1.82) is 0 Å². The number of carbonyl (C=O) groups excluding carboxylic acids is 1. The summed E-state index contributed by atoms with van der Waals surface area (Å²) in [5, 5.41) is -1.29. The van der Waals surface area contributed by atoms with E-state index in [1.807, 2.05) is 0 Å². The second kappa shape index (κ2) is 7.00. The van der Waals surface area contributed by atoms with Crippen LogP contribution in [0.5, 0.6) is 0 Å². The predicted octanol–water partition coefficient (Wildman–Crippen LogP) is 3.31. The van der Waals surface area contributed by atoms with E-state index in [1.165, 1.54) is 12.1 Å². The summed E-state index contributed by atoms with van der Waals surface area (Å²) in [5.74, 6) is -1.70. The van der Waals surface area contributed by atoms with Crippen LogP contribution in [0, 0.1) is 11.6 Å². The Bertz CT molecular complexity index is 900. The zero-order valence-electron chi connectivity index (χ0n) is 13.4. The van der Waals surface area contributed by atoms with Crippen molar-refractivity contribution in [3.63, 3.8) is 0 Å². The Hall–Kier alpha value is -2.52. The highest BCUT2D eigenvalue weighted by atomic mass is 32.2. The van der Waals surface area contributed by atoms with E-state index >= 15 is 0 Å². The normalized spacial score (nSPS) is 18.7. The van der Waals surface area contributed by atoms with Gasteiger partial charge in [-0.15, -0.1) is 0 Å². The van der Waals surface area contributed by atoms with Gasteiger partial charge in [-0.3, -0.25) is 9.45 Å². The lowest BCUT2D eigenvalue weighted by molar-refractivity contribution is 0.135. The number of rotatable bonds is 5. The summed E-state index contributed by atoms with van der Waals surface area (Å²) in [6.45, 7) is -0.0966. The van der Waals surface area contributed by atoms with Crippen molar-refractivity contribution in [3.05, 3.63) is 65.7 Å². The molecule has 26 heavy (non-hydrogen) atoms. The molecule has 138 valence electrons. The maximum atomic E-state index is 13.4. The van der Waals surface area contributed by atoms with Crippen LogP contribution in [-0.2, 0) is 14.9 Å². The zero-order valence-corrected chi connectivity index (χ0v) is 14.2. The van der Waals surface area contributed by atoms with Crippen molar-refractivity contribution < 1.29 is 31.3 Å². The number of cyclic esters (lactones) is 1. The van der Waals surface area contributed by atoms with E-state index in [-0.39, 0.29) is 18.7 Å². The van der Waals surface area contributed by atoms with Crippen molar-refractivity contribution in [2.45, 2.75) is 17.8 Å². The van der Waals surface area contributed by atoms with Crippen molar-refractivity contribution in [2.24, 2.45) is 0 Å². The van der Waals surface area contributed by atoms with Crippen LogP contribution in [-0.4, -0.2) is 31.7 Å². The molecule has 1 heterocycles. The summed E-state index contributed by atoms with van der Waals surface area (Å²) in [6.07, 6.45) is -1.91. The van der Waals surface area contributed by atoms with Crippen LogP contribution in [0.4, 0.5) is 19.3 Å². The highest BCUT2D eigenvalue weighted by Gasteiger charge is 2.37. The Balaban J connectivity index is 1.81. The van der Waals surface area contributed by atoms with Gasteiger partial charge in [0.05, 0.1) is 12.2 Å². The summed E-state index contributed by atoms with van der Waals surface area (Å²) >= 11 is 0. The predicted molar refractivity (Wildman–Crippen MR) is 89.3 cm³/mol. The molecule has 0 saturated carbocycles. The van der Waals surface area contributed by atoms with Gasteiger partial charge in [0.25, 0.3) is 10.1 Å². The highest BCUT2D eigenvalue weighted by Crippen LogP contribution is 2.31. The number of nitrogens with zero attached hydrogens (tertiary/aromatic N) is 1. The van der Waals surface area contributed by atoms with E-state index in [0.717, 1.165) is 17.0 Å². The van der Waals surface area contributed by atoms with E-state index in [1.54, 1.807) is 18.2 Å². The average molecular weight is 383 g/mol. The second-order valence-electron chi connectivity index (χ2n) is 5.89. The van der Waals surface area contributed by atoms with E-state index in [0.29, 0.717) is 11.6 Å². The second-order valence-corrected chi connectivity index (χ2v) is 7.49. The van der Waals surface area contributed by atoms with Crippen LogP contribution in [0.15, 0.2) is 48.5 Å². The number of halogens is 2. The number of hydrogen-bond acceptors (Lipinski definition) is 4. The number of benzene rings is 2. The molecule has 2 aromatic rings. The summed E-state index contributed by atoms with van der Waals surface area (Å²) in [5.41, 5.74) is 0.319. The average Bonchev–Trinajstić information content (AvgIpc) is 2.92. The molecule has 0 bridgehead atoms. The summed E-state index contributed by atoms with van der Waals surface area (Å²) in [7, 11) is -4.45. The largest absolute Gasteiger partial charge is 0.444 e. The first-order chi connectivity index (χ1) is 12.2. The minimum Gasteiger partial charge on any atom is -0.444 e. The molecule has 0 spiro atoms. The van der Waals surface area contributed by atoms with Crippen LogP contribution in [0.25, 0.3) is 0 Å². The first-order valence-corrected chi connectivity index (χ1v) is 9.20. The van der Waals surface area contributed by atoms with Gasteiger partial charge in [0.15, 0.2) is 0 Å². The first kappa shape index (κ1) is 18.3. The molecule has 9 heteroatoms. The molecule has 1 aliphatic rings. The lowest BCUT2D eigenvalue weighted by Crippen LogP contribution is -2.26. The zero-order chi connectivity index (χ0) is 18.9. The quantitative estimate of drug-likeness (QED) is 0.801. The first-order valence-electron chi connectivity index (χ1n) is 7.69. The van der Waals surface area contributed by atoms with Crippen molar-refractivity contribution in [2.75, 3.05) is 11.4 Å². The number of ether oxygens (including phenoxy) is 1. The molecule has 1 unspecified atom stereocenters. The summed E-state index contributed by atoms with van der Waals surface area (Å²) < 4.78 is 64.9. The molecule has 2 atom stereocenters. The molecule has 1 amide bonds. The van der Waals surface area contributed by atoms with Gasteiger partial charge in [-0.25, -0.2) is 13.6 Å². The minimum absolute atomic E-state index is 0.0295. The van der Waals surface area contributed by atoms with Crippen molar-refractivity contribution in [1.82, 2.24) is 0 Å². The minimum atomic E-state index is -4.45. The van der Waals surface area contributed by atoms with Gasteiger partial charge in [0, 0.05) is 12.5 Å². The molecular formula is C17H15F2NO5S. The molecular weight excluding hydrogens is 368 g/mol. The standard InChI is InChI=1S/C17H15F2NO5S/c18-12-6-13(19)8-14(7-12)20-10-15(25-17(20)21)9-16(26(22,23)24)11-4-2-1-3-5-11/h1-8,15-16H,9-10H2,(H,22,23,24)/t15?,16-/m1/s1. The number of amides is 1. The monoisotopic (exact) mass is 383 g/mol. The Morgan fingerprint density at radius 1 is 1.15 bits per heavy atom. The topological polar surface area (TPSA) is 83.9 Å². The lowest BCUT2D eigenvalue weighted by Gasteiger charge is -2.17. The molecule has 2 aromatic carbocycles. The Kier molecular flexibility index (Phi) is 4.92. The van der Waals surface area contributed by atoms with E-state index < -0.39 is 39.2 Å². The maximum Gasteiger partial charge on any atom is 0.414 e. The van der Waals surface area contributed by atoms with Gasteiger partial charge in [0.2, 0.25) is 0 Å².